The molecule has 0 unspecified atom stereocenters. The molecule has 2 aromatic rings. The van der Waals surface area contributed by atoms with E-state index in [2.05, 4.69) is 5.32 Å². The summed E-state index contributed by atoms with van der Waals surface area (Å²) in [6, 6.07) is 12.9. The van der Waals surface area contributed by atoms with Gasteiger partial charge in [-0.25, -0.2) is 4.39 Å². The monoisotopic (exact) mass is 331 g/mol. The molecule has 0 bridgehead atoms. The van der Waals surface area contributed by atoms with Gasteiger partial charge in [-0.15, -0.1) is 0 Å². The van der Waals surface area contributed by atoms with Crippen molar-refractivity contribution < 1.29 is 23.5 Å². The van der Waals surface area contributed by atoms with Gasteiger partial charge in [0.25, 0.3) is 0 Å². The third kappa shape index (κ3) is 5.72. The lowest BCUT2D eigenvalue weighted by Crippen LogP contribution is -2.14. The Morgan fingerprint density at radius 3 is 2.42 bits per heavy atom. The van der Waals surface area contributed by atoms with E-state index in [4.69, 9.17) is 9.47 Å². The maximum absolute atomic E-state index is 13.3. The van der Waals surface area contributed by atoms with Crippen LogP contribution in [0.25, 0.3) is 0 Å². The molecule has 126 valence electrons. The van der Waals surface area contributed by atoms with Gasteiger partial charge in [-0.05, 0) is 29.8 Å². The Kier molecular flexibility index (Phi) is 6.31. The second kappa shape index (κ2) is 8.67. The lowest BCUT2D eigenvalue weighted by Gasteiger charge is -2.08. The molecule has 0 aliphatic rings. The number of anilines is 1. The Labute approximate surface area is 139 Å². The highest BCUT2D eigenvalue weighted by Crippen LogP contribution is 2.15. The van der Waals surface area contributed by atoms with E-state index in [-0.39, 0.29) is 31.3 Å². The summed E-state index contributed by atoms with van der Waals surface area (Å²) in [5.41, 5.74) is 1.43. The smallest absolute Gasteiger partial charge is 0.310 e. The van der Waals surface area contributed by atoms with Crippen molar-refractivity contribution in [2.45, 2.75) is 13.3 Å². The average molecular weight is 331 g/mol. The number of rotatable bonds is 7. The quantitative estimate of drug-likeness (QED) is 0.626. The summed E-state index contributed by atoms with van der Waals surface area (Å²) in [6.45, 7) is 1.54. The molecule has 0 spiro atoms. The molecule has 0 aliphatic carbocycles. The zero-order valence-corrected chi connectivity index (χ0v) is 13.3. The van der Waals surface area contributed by atoms with E-state index in [1.54, 1.807) is 36.4 Å². The van der Waals surface area contributed by atoms with Crippen LogP contribution in [-0.2, 0) is 20.7 Å². The van der Waals surface area contributed by atoms with Gasteiger partial charge in [0.2, 0.25) is 5.91 Å². The predicted octanol–water partition coefficient (Wildman–Crippen LogP) is 2.95. The van der Waals surface area contributed by atoms with Crippen molar-refractivity contribution in [1.82, 2.24) is 0 Å². The van der Waals surface area contributed by atoms with Gasteiger partial charge in [0, 0.05) is 12.6 Å². The highest BCUT2D eigenvalue weighted by Gasteiger charge is 2.06. The maximum atomic E-state index is 13.3. The summed E-state index contributed by atoms with van der Waals surface area (Å²) in [4.78, 5) is 22.7. The van der Waals surface area contributed by atoms with Crippen molar-refractivity contribution in [1.29, 1.82) is 0 Å². The van der Waals surface area contributed by atoms with Crippen LogP contribution >= 0.6 is 0 Å². The van der Waals surface area contributed by atoms with Gasteiger partial charge in [0.1, 0.15) is 13.2 Å². The number of carbonyl (C=O) groups excluding carboxylic acids is 2. The van der Waals surface area contributed by atoms with Gasteiger partial charge in [-0.1, -0.05) is 24.3 Å². The summed E-state index contributed by atoms with van der Waals surface area (Å²) in [5, 5.41) is 2.65. The van der Waals surface area contributed by atoms with E-state index < -0.39 is 11.8 Å². The Bertz CT molecular complexity index is 700. The molecule has 1 N–H and O–H groups in total. The molecule has 2 aromatic carbocycles. The number of amides is 1. The highest BCUT2D eigenvalue weighted by molar-refractivity contribution is 5.88. The van der Waals surface area contributed by atoms with Crippen LogP contribution in [0.1, 0.15) is 12.5 Å². The second-order valence-electron chi connectivity index (χ2n) is 5.05. The van der Waals surface area contributed by atoms with Crippen LogP contribution in [0.15, 0.2) is 48.5 Å². The molecule has 0 atom stereocenters. The van der Waals surface area contributed by atoms with Crippen molar-refractivity contribution >= 4 is 17.6 Å². The first-order chi connectivity index (χ1) is 11.5. The number of hydrogen-bond acceptors (Lipinski definition) is 4. The third-order valence-electron chi connectivity index (χ3n) is 3.06. The average Bonchev–Trinajstić information content (AvgIpc) is 2.54. The predicted molar refractivity (Wildman–Crippen MR) is 87.3 cm³/mol. The van der Waals surface area contributed by atoms with Crippen molar-refractivity contribution in [3.8, 4) is 5.75 Å². The molecule has 0 radical (unpaired) electrons. The van der Waals surface area contributed by atoms with E-state index in [0.29, 0.717) is 5.69 Å². The van der Waals surface area contributed by atoms with Gasteiger partial charge in [0.15, 0.2) is 11.6 Å². The normalized spacial score (nSPS) is 10.1. The summed E-state index contributed by atoms with van der Waals surface area (Å²) >= 11 is 0. The Morgan fingerprint density at radius 1 is 1.04 bits per heavy atom. The molecule has 0 aliphatic heterocycles. The molecule has 0 saturated carbocycles. The molecule has 1 amide bonds. The van der Waals surface area contributed by atoms with Crippen LogP contribution in [0.4, 0.5) is 10.1 Å². The van der Waals surface area contributed by atoms with Gasteiger partial charge in [-0.2, -0.15) is 0 Å². The van der Waals surface area contributed by atoms with Crippen molar-refractivity contribution in [3.63, 3.8) is 0 Å². The van der Waals surface area contributed by atoms with Crippen LogP contribution in [0.3, 0.4) is 0 Å². The van der Waals surface area contributed by atoms with Crippen LogP contribution in [0, 0.1) is 5.82 Å². The van der Waals surface area contributed by atoms with Gasteiger partial charge < -0.3 is 14.8 Å². The largest absolute Gasteiger partial charge is 0.487 e. The lowest BCUT2D eigenvalue weighted by atomic mass is 10.1. The zero-order chi connectivity index (χ0) is 17.4. The topological polar surface area (TPSA) is 64.6 Å². The minimum atomic E-state index is -0.455. The van der Waals surface area contributed by atoms with Crippen LogP contribution in [-0.4, -0.2) is 25.1 Å². The van der Waals surface area contributed by atoms with Crippen molar-refractivity contribution in [2.24, 2.45) is 0 Å². The van der Waals surface area contributed by atoms with E-state index in [1.165, 1.54) is 19.1 Å². The first-order valence-corrected chi connectivity index (χ1v) is 7.44. The van der Waals surface area contributed by atoms with Gasteiger partial charge >= 0.3 is 5.97 Å². The maximum Gasteiger partial charge on any atom is 0.310 e. The van der Waals surface area contributed by atoms with Crippen LogP contribution in [0.5, 0.6) is 5.75 Å². The first kappa shape index (κ1) is 17.5. The number of hydrogen-bond donors (Lipinski definition) is 1. The molecular weight excluding hydrogens is 313 g/mol. The summed E-state index contributed by atoms with van der Waals surface area (Å²) < 4.78 is 23.6. The lowest BCUT2D eigenvalue weighted by molar-refractivity contribution is -0.143. The fourth-order valence-corrected chi connectivity index (χ4v) is 2.00. The highest BCUT2D eigenvalue weighted by atomic mass is 19.1. The molecule has 6 heteroatoms. The summed E-state index contributed by atoms with van der Waals surface area (Å²) in [5.74, 6) is -0.887. The minimum absolute atomic E-state index is 0.0388. The molecule has 0 aromatic heterocycles. The van der Waals surface area contributed by atoms with E-state index in [1.807, 2.05) is 0 Å². The third-order valence-corrected chi connectivity index (χ3v) is 3.06. The number of para-hydroxylation sites is 1. The van der Waals surface area contributed by atoms with Crippen molar-refractivity contribution in [3.05, 3.63) is 59.9 Å². The SMILES string of the molecule is CC(=O)Nc1ccc(CC(=O)OCCOc2ccccc2F)cc1. The van der Waals surface area contributed by atoms with E-state index in [9.17, 15) is 14.0 Å². The van der Waals surface area contributed by atoms with Crippen LogP contribution in [0.2, 0.25) is 0 Å². The van der Waals surface area contributed by atoms with Crippen LogP contribution < -0.4 is 10.1 Å². The standard InChI is InChI=1S/C18H18FNO4/c1-13(21)20-15-8-6-14(7-9-15)12-18(22)24-11-10-23-17-5-3-2-4-16(17)19/h2-9H,10-12H2,1H3,(H,20,21). The number of esters is 1. The molecular formula is C18H18FNO4. The first-order valence-electron chi connectivity index (χ1n) is 7.44. The number of ether oxygens (including phenoxy) is 2. The van der Waals surface area contributed by atoms with Gasteiger partial charge in [-0.3, -0.25) is 9.59 Å². The summed E-state index contributed by atoms with van der Waals surface area (Å²) in [7, 11) is 0. The number of carbonyl (C=O) groups is 2. The number of nitrogens with one attached hydrogen (secondary N) is 1. The zero-order valence-electron chi connectivity index (χ0n) is 13.3. The second-order valence-corrected chi connectivity index (χ2v) is 5.05. The van der Waals surface area contributed by atoms with E-state index in [0.717, 1.165) is 5.56 Å². The fraction of sp³-hybridized carbons (Fsp3) is 0.222. The Morgan fingerprint density at radius 2 is 1.75 bits per heavy atom. The molecule has 0 saturated heterocycles. The molecule has 5 nitrogen and oxygen atoms in total. The Balaban J connectivity index is 1.71. The minimum Gasteiger partial charge on any atom is -0.487 e. The molecule has 2 rings (SSSR count). The molecule has 0 fully saturated rings. The molecule has 24 heavy (non-hydrogen) atoms. The van der Waals surface area contributed by atoms with Crippen molar-refractivity contribution in [2.75, 3.05) is 18.5 Å². The number of halogens is 1. The fourth-order valence-electron chi connectivity index (χ4n) is 2.00. The summed E-state index contributed by atoms with van der Waals surface area (Å²) in [6.07, 6.45) is 0.111. The van der Waals surface area contributed by atoms with Gasteiger partial charge in [0.05, 0.1) is 6.42 Å². The number of benzene rings is 2. The molecule has 0 heterocycles. The Hall–Kier alpha value is -2.89. The van der Waals surface area contributed by atoms with E-state index >= 15 is 0 Å².